The number of pyridine rings is 1. The lowest BCUT2D eigenvalue weighted by Gasteiger charge is -1.97. The van der Waals surface area contributed by atoms with E-state index < -0.39 is 0 Å². The first kappa shape index (κ1) is 9.86. The zero-order chi connectivity index (χ0) is 11.1. The van der Waals surface area contributed by atoms with Crippen LogP contribution in [-0.4, -0.2) is 9.38 Å². The fourth-order valence-corrected chi connectivity index (χ4v) is 2.63. The van der Waals surface area contributed by atoms with Crippen LogP contribution in [0.25, 0.3) is 16.9 Å². The van der Waals surface area contributed by atoms with E-state index in [1.165, 1.54) is 0 Å². The fourth-order valence-electron chi connectivity index (χ4n) is 1.65. The van der Waals surface area contributed by atoms with Crippen LogP contribution in [0.1, 0.15) is 0 Å². The first-order valence-electron chi connectivity index (χ1n) is 4.71. The summed E-state index contributed by atoms with van der Waals surface area (Å²) in [5.74, 6) is 0.676. The van der Waals surface area contributed by atoms with E-state index in [-0.39, 0.29) is 0 Å². The van der Waals surface area contributed by atoms with Crippen LogP contribution in [0.5, 0.6) is 0 Å². The highest BCUT2D eigenvalue weighted by Crippen LogP contribution is 2.28. The number of nitrogens with zero attached hydrogens (tertiary/aromatic N) is 2. The predicted octanol–water partition coefficient (Wildman–Crippen LogP) is 3.41. The molecule has 3 heterocycles. The van der Waals surface area contributed by atoms with Crippen LogP contribution in [0, 0.1) is 0 Å². The summed E-state index contributed by atoms with van der Waals surface area (Å²) in [5.41, 5.74) is 8.86. The minimum atomic E-state index is 0.676. The molecular weight excluding hydrogens is 286 g/mol. The molecule has 0 unspecified atom stereocenters. The minimum absolute atomic E-state index is 0.676. The summed E-state index contributed by atoms with van der Waals surface area (Å²) in [6.07, 6.45) is 1.92. The smallest absolute Gasteiger partial charge is 0.139 e. The third kappa shape index (κ3) is 1.44. The second-order valence-electron chi connectivity index (χ2n) is 3.43. The van der Waals surface area contributed by atoms with E-state index in [0.717, 1.165) is 21.4 Å². The number of rotatable bonds is 1. The molecule has 0 bridgehead atoms. The van der Waals surface area contributed by atoms with E-state index in [2.05, 4.69) is 20.9 Å². The predicted molar refractivity (Wildman–Crippen MR) is 70.6 cm³/mol. The van der Waals surface area contributed by atoms with E-state index in [0.29, 0.717) is 5.82 Å². The average Bonchev–Trinajstić information content (AvgIpc) is 2.87. The topological polar surface area (TPSA) is 43.3 Å². The number of halogens is 1. The normalized spacial score (nSPS) is 11.1. The van der Waals surface area contributed by atoms with Gasteiger partial charge in [-0.25, -0.2) is 4.98 Å². The van der Waals surface area contributed by atoms with E-state index in [1.54, 1.807) is 11.3 Å². The first-order valence-corrected chi connectivity index (χ1v) is 6.45. The second-order valence-corrected chi connectivity index (χ2v) is 5.13. The minimum Gasteiger partial charge on any atom is -0.383 e. The van der Waals surface area contributed by atoms with Crippen molar-refractivity contribution in [3.63, 3.8) is 0 Å². The molecule has 0 amide bonds. The number of imidazole rings is 1. The molecule has 0 atom stereocenters. The van der Waals surface area contributed by atoms with Gasteiger partial charge in [-0.15, -0.1) is 0 Å². The number of nitrogens with two attached hydrogens (primary N) is 1. The largest absolute Gasteiger partial charge is 0.383 e. The van der Waals surface area contributed by atoms with Crippen LogP contribution >= 0.6 is 27.3 Å². The molecule has 0 aromatic carbocycles. The van der Waals surface area contributed by atoms with Gasteiger partial charge >= 0.3 is 0 Å². The molecule has 0 radical (unpaired) electrons. The number of aromatic nitrogens is 2. The Morgan fingerprint density at radius 3 is 2.94 bits per heavy atom. The van der Waals surface area contributed by atoms with E-state index in [9.17, 15) is 0 Å². The van der Waals surface area contributed by atoms with Crippen molar-refractivity contribution in [2.75, 3.05) is 5.73 Å². The van der Waals surface area contributed by atoms with Crippen LogP contribution in [0.3, 0.4) is 0 Å². The molecule has 0 fully saturated rings. The lowest BCUT2D eigenvalue weighted by Crippen LogP contribution is -1.93. The molecule has 0 aliphatic rings. The molecule has 0 aliphatic carbocycles. The maximum Gasteiger partial charge on any atom is 0.139 e. The van der Waals surface area contributed by atoms with Gasteiger partial charge in [-0.05, 0) is 39.5 Å². The maximum atomic E-state index is 6.08. The molecule has 3 aromatic rings. The Bertz CT molecular complexity index is 643. The summed E-state index contributed by atoms with van der Waals surface area (Å²) in [6.45, 7) is 0. The standard InChI is InChI=1S/C11H8BrN3S/c12-8-1-2-9-14-10(7-3-4-16-6-7)11(13)15(9)5-8/h1-6H,13H2. The summed E-state index contributed by atoms with van der Waals surface area (Å²) in [6, 6.07) is 5.92. The van der Waals surface area contributed by atoms with Gasteiger partial charge in [0, 0.05) is 21.6 Å². The average molecular weight is 294 g/mol. The molecule has 2 N–H and O–H groups in total. The van der Waals surface area contributed by atoms with Crippen molar-refractivity contribution < 1.29 is 0 Å². The van der Waals surface area contributed by atoms with Gasteiger partial charge in [0.2, 0.25) is 0 Å². The van der Waals surface area contributed by atoms with Crippen molar-refractivity contribution in [1.82, 2.24) is 9.38 Å². The van der Waals surface area contributed by atoms with Crippen molar-refractivity contribution >= 4 is 38.7 Å². The van der Waals surface area contributed by atoms with Crippen molar-refractivity contribution in [2.24, 2.45) is 0 Å². The van der Waals surface area contributed by atoms with Crippen LogP contribution in [0.4, 0.5) is 5.82 Å². The monoisotopic (exact) mass is 293 g/mol. The third-order valence-corrected chi connectivity index (χ3v) is 3.57. The molecule has 0 aliphatic heterocycles. The molecule has 5 heteroatoms. The van der Waals surface area contributed by atoms with E-state index in [4.69, 9.17) is 5.73 Å². The van der Waals surface area contributed by atoms with Crippen molar-refractivity contribution in [3.05, 3.63) is 39.6 Å². The lowest BCUT2D eigenvalue weighted by atomic mass is 10.2. The van der Waals surface area contributed by atoms with Gasteiger partial charge in [-0.3, -0.25) is 4.40 Å². The zero-order valence-electron chi connectivity index (χ0n) is 8.22. The zero-order valence-corrected chi connectivity index (χ0v) is 10.6. The summed E-state index contributed by atoms with van der Waals surface area (Å²) < 4.78 is 2.87. The molecule has 80 valence electrons. The molecule has 0 saturated carbocycles. The highest BCUT2D eigenvalue weighted by molar-refractivity contribution is 9.10. The Morgan fingerprint density at radius 2 is 2.19 bits per heavy atom. The Kier molecular flexibility index (Phi) is 2.22. The van der Waals surface area contributed by atoms with Gasteiger partial charge in [0.25, 0.3) is 0 Å². The van der Waals surface area contributed by atoms with Crippen LogP contribution in [-0.2, 0) is 0 Å². The number of hydrogen-bond acceptors (Lipinski definition) is 3. The molecule has 0 spiro atoms. The van der Waals surface area contributed by atoms with Crippen molar-refractivity contribution in [1.29, 1.82) is 0 Å². The van der Waals surface area contributed by atoms with Gasteiger partial charge in [0.1, 0.15) is 17.2 Å². The van der Waals surface area contributed by atoms with Gasteiger partial charge in [0.15, 0.2) is 0 Å². The highest BCUT2D eigenvalue weighted by Gasteiger charge is 2.11. The molecular formula is C11H8BrN3S. The summed E-state index contributed by atoms with van der Waals surface area (Å²) in [4.78, 5) is 4.52. The second kappa shape index (κ2) is 3.61. The number of fused-ring (bicyclic) bond motifs is 1. The SMILES string of the molecule is Nc1c(-c2ccsc2)nc2ccc(Br)cn12. The van der Waals surface area contributed by atoms with Crippen molar-refractivity contribution in [2.45, 2.75) is 0 Å². The Morgan fingerprint density at radius 1 is 1.31 bits per heavy atom. The maximum absolute atomic E-state index is 6.08. The Labute approximate surface area is 105 Å². The van der Waals surface area contributed by atoms with Gasteiger partial charge < -0.3 is 5.73 Å². The highest BCUT2D eigenvalue weighted by atomic mass is 79.9. The van der Waals surface area contributed by atoms with Crippen LogP contribution in [0.15, 0.2) is 39.6 Å². The Hall–Kier alpha value is -1.33. The summed E-state index contributed by atoms with van der Waals surface area (Å²) in [5, 5.41) is 4.07. The lowest BCUT2D eigenvalue weighted by molar-refractivity contribution is 1.18. The molecule has 16 heavy (non-hydrogen) atoms. The fraction of sp³-hybridized carbons (Fsp3) is 0. The van der Waals surface area contributed by atoms with Gasteiger partial charge in [-0.2, -0.15) is 11.3 Å². The van der Waals surface area contributed by atoms with Crippen LogP contribution < -0.4 is 5.73 Å². The molecule has 3 aromatic heterocycles. The quantitative estimate of drug-likeness (QED) is 0.747. The van der Waals surface area contributed by atoms with E-state index >= 15 is 0 Å². The number of nitrogen functional groups attached to an aromatic ring is 1. The van der Waals surface area contributed by atoms with Crippen LogP contribution in [0.2, 0.25) is 0 Å². The van der Waals surface area contributed by atoms with Crippen molar-refractivity contribution in [3.8, 4) is 11.3 Å². The molecule has 3 rings (SSSR count). The number of anilines is 1. The number of hydrogen-bond donors (Lipinski definition) is 1. The number of thiophene rings is 1. The van der Waals surface area contributed by atoms with Gasteiger partial charge in [-0.1, -0.05) is 0 Å². The van der Waals surface area contributed by atoms with Gasteiger partial charge in [0.05, 0.1) is 0 Å². The summed E-state index contributed by atoms with van der Waals surface area (Å²) >= 11 is 5.06. The third-order valence-electron chi connectivity index (χ3n) is 2.41. The molecule has 0 saturated heterocycles. The van der Waals surface area contributed by atoms with E-state index in [1.807, 2.05) is 39.6 Å². The first-order chi connectivity index (χ1) is 7.75. The molecule has 3 nitrogen and oxygen atoms in total. The summed E-state index contributed by atoms with van der Waals surface area (Å²) in [7, 11) is 0. The Balaban J connectivity index is 2.32.